The van der Waals surface area contributed by atoms with Gasteiger partial charge in [-0.05, 0) is 12.1 Å². The number of hydrogen-bond donors (Lipinski definition) is 1. The van der Waals surface area contributed by atoms with Gasteiger partial charge in [0, 0.05) is 19.8 Å². The Hall–Kier alpha value is -2.25. The number of carboxylic acids is 1. The Kier molecular flexibility index (Phi) is 3.56. The molecule has 0 aliphatic rings. The number of anilines is 1. The predicted molar refractivity (Wildman–Crippen MR) is 66.1 cm³/mol. The second-order valence-corrected chi connectivity index (χ2v) is 4.30. The van der Waals surface area contributed by atoms with E-state index in [0.717, 1.165) is 0 Å². The fourth-order valence-electron chi connectivity index (χ4n) is 1.85. The van der Waals surface area contributed by atoms with Crippen molar-refractivity contribution >= 4 is 17.4 Å². The van der Waals surface area contributed by atoms with E-state index in [9.17, 15) is 23.1 Å². The highest BCUT2D eigenvalue weighted by Crippen LogP contribution is 2.24. The zero-order valence-electron chi connectivity index (χ0n) is 10.6. The van der Waals surface area contributed by atoms with Gasteiger partial charge in [0.2, 0.25) is 0 Å². The van der Waals surface area contributed by atoms with Gasteiger partial charge in [0.1, 0.15) is 5.65 Å². The summed E-state index contributed by atoms with van der Waals surface area (Å²) in [6.45, 7) is -0.354. The SMILES string of the molecule is CN(CCC(F)(F)F)c1nc2ccccn2c1C(=O)O. The maximum Gasteiger partial charge on any atom is 0.390 e. The number of imidazole rings is 1. The summed E-state index contributed by atoms with van der Waals surface area (Å²) in [5.41, 5.74) is 0.226. The molecule has 1 N–H and O–H groups in total. The number of alkyl halides is 3. The number of fused-ring (bicyclic) bond motifs is 1. The first-order valence-electron chi connectivity index (χ1n) is 5.78. The Balaban J connectivity index is 2.38. The summed E-state index contributed by atoms with van der Waals surface area (Å²) in [6.07, 6.45) is -3.82. The highest BCUT2D eigenvalue weighted by atomic mass is 19.4. The maximum absolute atomic E-state index is 12.2. The summed E-state index contributed by atoms with van der Waals surface area (Å²) < 4.78 is 38.0. The van der Waals surface area contributed by atoms with E-state index < -0.39 is 18.6 Å². The van der Waals surface area contributed by atoms with Crippen molar-refractivity contribution < 1.29 is 23.1 Å². The lowest BCUT2D eigenvalue weighted by Crippen LogP contribution is -2.26. The van der Waals surface area contributed by atoms with Crippen LogP contribution in [-0.2, 0) is 0 Å². The van der Waals surface area contributed by atoms with Crippen molar-refractivity contribution in [1.82, 2.24) is 9.38 Å². The first-order valence-corrected chi connectivity index (χ1v) is 5.78. The molecule has 0 unspecified atom stereocenters. The summed E-state index contributed by atoms with van der Waals surface area (Å²) in [4.78, 5) is 16.6. The predicted octanol–water partition coefficient (Wildman–Crippen LogP) is 2.42. The minimum absolute atomic E-state index is 0.0213. The van der Waals surface area contributed by atoms with Crippen molar-refractivity contribution in [3.63, 3.8) is 0 Å². The molecule has 108 valence electrons. The van der Waals surface area contributed by atoms with Crippen LogP contribution in [0.3, 0.4) is 0 Å². The van der Waals surface area contributed by atoms with E-state index in [-0.39, 0.29) is 18.1 Å². The van der Waals surface area contributed by atoms with Gasteiger partial charge in [-0.2, -0.15) is 13.2 Å². The van der Waals surface area contributed by atoms with Crippen molar-refractivity contribution in [3.05, 3.63) is 30.1 Å². The van der Waals surface area contributed by atoms with Gasteiger partial charge in [0.15, 0.2) is 11.5 Å². The molecule has 0 amide bonds. The smallest absolute Gasteiger partial charge is 0.390 e. The Bertz CT molecular complexity index is 636. The molecule has 2 rings (SSSR count). The molecule has 0 spiro atoms. The molecule has 8 heteroatoms. The molecule has 0 aliphatic heterocycles. The molecule has 2 aromatic rings. The molecule has 0 atom stereocenters. The van der Waals surface area contributed by atoms with E-state index >= 15 is 0 Å². The van der Waals surface area contributed by atoms with Crippen LogP contribution in [0.4, 0.5) is 19.0 Å². The Morgan fingerprint density at radius 1 is 1.45 bits per heavy atom. The van der Waals surface area contributed by atoms with Crippen LogP contribution in [0.25, 0.3) is 5.65 Å². The van der Waals surface area contributed by atoms with Gasteiger partial charge in [-0.25, -0.2) is 9.78 Å². The summed E-state index contributed by atoms with van der Waals surface area (Å²) >= 11 is 0. The third-order valence-electron chi connectivity index (χ3n) is 2.81. The highest BCUT2D eigenvalue weighted by molar-refractivity contribution is 5.93. The lowest BCUT2D eigenvalue weighted by atomic mass is 10.3. The molecule has 0 bridgehead atoms. The van der Waals surface area contributed by atoms with Crippen LogP contribution in [0.1, 0.15) is 16.9 Å². The topological polar surface area (TPSA) is 57.8 Å². The van der Waals surface area contributed by atoms with Gasteiger partial charge >= 0.3 is 12.1 Å². The monoisotopic (exact) mass is 287 g/mol. The minimum Gasteiger partial charge on any atom is -0.476 e. The molecule has 20 heavy (non-hydrogen) atoms. The van der Waals surface area contributed by atoms with Gasteiger partial charge < -0.3 is 10.0 Å². The quantitative estimate of drug-likeness (QED) is 0.938. The zero-order chi connectivity index (χ0) is 14.9. The van der Waals surface area contributed by atoms with Crippen molar-refractivity contribution in [2.75, 3.05) is 18.5 Å². The van der Waals surface area contributed by atoms with Crippen LogP contribution in [0.15, 0.2) is 24.4 Å². The van der Waals surface area contributed by atoms with Crippen LogP contribution in [0.2, 0.25) is 0 Å². The molecule has 0 radical (unpaired) electrons. The number of aromatic nitrogens is 2. The molecule has 2 heterocycles. The lowest BCUT2D eigenvalue weighted by molar-refractivity contribution is -0.132. The summed E-state index contributed by atoms with van der Waals surface area (Å²) in [7, 11) is 1.39. The van der Waals surface area contributed by atoms with Gasteiger partial charge in [0.25, 0.3) is 0 Å². The van der Waals surface area contributed by atoms with Crippen molar-refractivity contribution in [3.8, 4) is 0 Å². The number of aromatic carboxylic acids is 1. The van der Waals surface area contributed by atoms with Crippen LogP contribution >= 0.6 is 0 Å². The Labute approximate surface area is 112 Å². The number of hydrogen-bond acceptors (Lipinski definition) is 3. The summed E-state index contributed by atoms with van der Waals surface area (Å²) in [5, 5.41) is 9.22. The maximum atomic E-state index is 12.2. The molecule has 0 fully saturated rings. The molecule has 5 nitrogen and oxygen atoms in total. The minimum atomic E-state index is -4.29. The van der Waals surface area contributed by atoms with Crippen LogP contribution in [-0.4, -0.2) is 40.2 Å². The van der Waals surface area contributed by atoms with Crippen molar-refractivity contribution in [1.29, 1.82) is 0 Å². The normalized spacial score (nSPS) is 11.8. The van der Waals surface area contributed by atoms with Crippen molar-refractivity contribution in [2.24, 2.45) is 0 Å². The summed E-state index contributed by atoms with van der Waals surface area (Å²) in [6, 6.07) is 4.89. The third-order valence-corrected chi connectivity index (χ3v) is 2.81. The lowest BCUT2D eigenvalue weighted by Gasteiger charge is -2.18. The van der Waals surface area contributed by atoms with E-state index in [1.54, 1.807) is 18.2 Å². The first-order chi connectivity index (χ1) is 9.29. The number of nitrogens with zero attached hydrogens (tertiary/aromatic N) is 3. The molecular formula is C12H12F3N3O2. The largest absolute Gasteiger partial charge is 0.476 e. The average Bonchev–Trinajstić information content (AvgIpc) is 2.74. The van der Waals surface area contributed by atoms with E-state index in [1.165, 1.54) is 22.5 Å². The molecule has 0 saturated heterocycles. The number of carboxylic acid groups (broad SMARTS) is 1. The number of halogens is 3. The van der Waals surface area contributed by atoms with Crippen LogP contribution in [0, 0.1) is 0 Å². The van der Waals surface area contributed by atoms with Crippen molar-refractivity contribution in [2.45, 2.75) is 12.6 Å². The molecule has 0 aliphatic carbocycles. The van der Waals surface area contributed by atoms with E-state index in [2.05, 4.69) is 4.98 Å². The van der Waals surface area contributed by atoms with E-state index in [1.807, 2.05) is 0 Å². The fourth-order valence-corrected chi connectivity index (χ4v) is 1.85. The van der Waals surface area contributed by atoms with Gasteiger partial charge in [0.05, 0.1) is 6.42 Å². The number of rotatable bonds is 4. The second-order valence-electron chi connectivity index (χ2n) is 4.30. The Morgan fingerprint density at radius 2 is 2.15 bits per heavy atom. The zero-order valence-corrected chi connectivity index (χ0v) is 10.6. The fraction of sp³-hybridized carbons (Fsp3) is 0.333. The van der Waals surface area contributed by atoms with Gasteiger partial charge in [-0.1, -0.05) is 6.07 Å². The summed E-state index contributed by atoms with van der Waals surface area (Å²) in [5.74, 6) is -1.22. The average molecular weight is 287 g/mol. The number of carbonyl (C=O) groups is 1. The number of pyridine rings is 1. The first kappa shape index (κ1) is 14.2. The van der Waals surface area contributed by atoms with Crippen LogP contribution < -0.4 is 4.90 Å². The van der Waals surface area contributed by atoms with Crippen LogP contribution in [0.5, 0.6) is 0 Å². The van der Waals surface area contributed by atoms with E-state index in [4.69, 9.17) is 0 Å². The Morgan fingerprint density at radius 3 is 2.75 bits per heavy atom. The molecule has 0 aromatic carbocycles. The molecular weight excluding hydrogens is 275 g/mol. The standard InChI is InChI=1S/C12H12F3N3O2/c1-17(7-5-12(13,14)15)10-9(11(19)20)18-6-3-2-4-8(18)16-10/h2-4,6H,5,7H2,1H3,(H,19,20). The van der Waals surface area contributed by atoms with E-state index in [0.29, 0.717) is 5.65 Å². The molecule has 2 aromatic heterocycles. The molecule has 0 saturated carbocycles. The second kappa shape index (κ2) is 5.03. The highest BCUT2D eigenvalue weighted by Gasteiger charge is 2.29. The van der Waals surface area contributed by atoms with Gasteiger partial charge in [-0.15, -0.1) is 0 Å². The third kappa shape index (κ3) is 2.84. The van der Waals surface area contributed by atoms with Gasteiger partial charge in [-0.3, -0.25) is 4.40 Å².